The Kier molecular flexibility index (Phi) is 4.37. The van der Waals surface area contributed by atoms with Crippen molar-refractivity contribution in [2.75, 3.05) is 13.7 Å². The number of nitrogens with one attached hydrogen (secondary N) is 1. The van der Waals surface area contributed by atoms with Gasteiger partial charge in [0.1, 0.15) is 17.0 Å². The van der Waals surface area contributed by atoms with Gasteiger partial charge in [0.25, 0.3) is 5.91 Å². The van der Waals surface area contributed by atoms with Gasteiger partial charge in [0.2, 0.25) is 0 Å². The number of H-pyrrole nitrogens is 1. The Morgan fingerprint density at radius 1 is 1.33 bits per heavy atom. The van der Waals surface area contributed by atoms with Crippen LogP contribution in [0.3, 0.4) is 0 Å². The zero-order valence-corrected chi connectivity index (χ0v) is 14.4. The molecule has 2 N–H and O–H groups in total. The van der Waals surface area contributed by atoms with E-state index in [0.717, 1.165) is 29.7 Å². The van der Waals surface area contributed by atoms with Gasteiger partial charge in [-0.3, -0.25) is 4.79 Å². The molecule has 0 saturated carbocycles. The Morgan fingerprint density at radius 2 is 2.04 bits per heavy atom. The minimum absolute atomic E-state index is 0.0474. The second-order valence-corrected chi connectivity index (χ2v) is 6.57. The van der Waals surface area contributed by atoms with E-state index in [1.165, 1.54) is 0 Å². The Balaban J connectivity index is 1.88. The maximum absolute atomic E-state index is 12.9. The van der Waals surface area contributed by atoms with Crippen LogP contribution in [-0.2, 0) is 5.60 Å². The van der Waals surface area contributed by atoms with Gasteiger partial charge in [0.15, 0.2) is 0 Å². The summed E-state index contributed by atoms with van der Waals surface area (Å²) in [6.45, 7) is 4.36. The van der Waals surface area contributed by atoms with Crippen molar-refractivity contribution < 1.29 is 14.6 Å². The van der Waals surface area contributed by atoms with E-state index in [2.05, 4.69) is 4.98 Å². The number of carbonyl (C=O) groups excluding carboxylic acids is 1. The molecule has 1 aliphatic rings. The topological polar surface area (TPSA) is 65.6 Å². The molecule has 0 aliphatic carbocycles. The molecule has 24 heavy (non-hydrogen) atoms. The molecule has 2 heterocycles. The Bertz CT molecular complexity index is 718. The van der Waals surface area contributed by atoms with Gasteiger partial charge in [-0.1, -0.05) is 12.1 Å². The Hall–Kier alpha value is -2.27. The summed E-state index contributed by atoms with van der Waals surface area (Å²) in [5, 5.41) is 11.2. The first-order chi connectivity index (χ1) is 11.4. The van der Waals surface area contributed by atoms with Gasteiger partial charge in [-0.05, 0) is 56.0 Å². The fourth-order valence-corrected chi connectivity index (χ4v) is 3.54. The lowest BCUT2D eigenvalue weighted by Gasteiger charge is -2.37. The lowest BCUT2D eigenvalue weighted by molar-refractivity contribution is -0.0179. The van der Waals surface area contributed by atoms with E-state index < -0.39 is 5.60 Å². The minimum Gasteiger partial charge on any atom is -0.497 e. The summed E-state index contributed by atoms with van der Waals surface area (Å²) in [6, 6.07) is 9.03. The van der Waals surface area contributed by atoms with Crippen LogP contribution in [0.15, 0.2) is 36.5 Å². The smallest absolute Gasteiger partial charge is 0.270 e. The summed E-state index contributed by atoms with van der Waals surface area (Å²) in [6.07, 6.45) is 3.45. The van der Waals surface area contributed by atoms with Gasteiger partial charge in [-0.15, -0.1) is 0 Å². The molecule has 0 bridgehead atoms. The molecule has 0 radical (unpaired) electrons. The van der Waals surface area contributed by atoms with Crippen molar-refractivity contribution in [1.82, 2.24) is 9.88 Å². The summed E-state index contributed by atoms with van der Waals surface area (Å²) >= 11 is 0. The summed E-state index contributed by atoms with van der Waals surface area (Å²) in [5.41, 5.74) is 1.21. The number of aliphatic hydroxyl groups is 1. The number of rotatable bonds is 4. The zero-order chi connectivity index (χ0) is 17.3. The van der Waals surface area contributed by atoms with Crippen LogP contribution >= 0.6 is 0 Å². The van der Waals surface area contributed by atoms with Crippen molar-refractivity contribution in [2.24, 2.45) is 0 Å². The third-order valence-electron chi connectivity index (χ3n) is 5.01. The highest BCUT2D eigenvalue weighted by molar-refractivity contribution is 5.94. The Morgan fingerprint density at radius 3 is 2.62 bits per heavy atom. The monoisotopic (exact) mass is 328 g/mol. The van der Waals surface area contributed by atoms with Crippen molar-refractivity contribution in [2.45, 2.75) is 38.3 Å². The first kappa shape index (κ1) is 16.6. The molecule has 1 aromatic heterocycles. The van der Waals surface area contributed by atoms with Crippen molar-refractivity contribution in [1.29, 1.82) is 0 Å². The van der Waals surface area contributed by atoms with Gasteiger partial charge in [-0.25, -0.2) is 0 Å². The maximum Gasteiger partial charge on any atom is 0.270 e. The summed E-state index contributed by atoms with van der Waals surface area (Å²) in [4.78, 5) is 17.7. The van der Waals surface area contributed by atoms with E-state index in [0.29, 0.717) is 12.2 Å². The van der Waals surface area contributed by atoms with Crippen LogP contribution in [0.4, 0.5) is 0 Å². The number of aromatic amines is 1. The molecule has 2 atom stereocenters. The number of nitrogens with zero attached hydrogens (tertiary/aromatic N) is 1. The van der Waals surface area contributed by atoms with E-state index in [-0.39, 0.29) is 11.9 Å². The summed E-state index contributed by atoms with van der Waals surface area (Å²) < 4.78 is 5.18. The second kappa shape index (κ2) is 6.32. The lowest BCUT2D eigenvalue weighted by atomic mass is 9.86. The molecule has 0 spiro atoms. The van der Waals surface area contributed by atoms with Crippen molar-refractivity contribution >= 4 is 5.91 Å². The number of hydrogen-bond acceptors (Lipinski definition) is 3. The van der Waals surface area contributed by atoms with E-state index in [9.17, 15) is 9.90 Å². The maximum atomic E-state index is 12.9. The van der Waals surface area contributed by atoms with Crippen molar-refractivity contribution in [3.63, 3.8) is 0 Å². The van der Waals surface area contributed by atoms with Gasteiger partial charge in [-0.2, -0.15) is 0 Å². The molecule has 1 aliphatic heterocycles. The van der Waals surface area contributed by atoms with Crippen LogP contribution in [-0.4, -0.2) is 40.6 Å². The van der Waals surface area contributed by atoms with E-state index >= 15 is 0 Å². The quantitative estimate of drug-likeness (QED) is 0.907. The number of amides is 1. The van der Waals surface area contributed by atoms with E-state index in [1.54, 1.807) is 25.1 Å². The summed E-state index contributed by atoms with van der Waals surface area (Å²) in [5.74, 6) is 0.699. The van der Waals surface area contributed by atoms with Crippen LogP contribution in [0.1, 0.15) is 41.4 Å². The van der Waals surface area contributed by atoms with Crippen LogP contribution in [0.5, 0.6) is 5.75 Å². The molecule has 2 aromatic rings. The van der Waals surface area contributed by atoms with E-state index in [4.69, 9.17) is 4.74 Å². The molecule has 5 nitrogen and oxygen atoms in total. The van der Waals surface area contributed by atoms with Gasteiger partial charge in [0, 0.05) is 12.7 Å². The van der Waals surface area contributed by atoms with Crippen LogP contribution in [0.2, 0.25) is 0 Å². The van der Waals surface area contributed by atoms with Crippen LogP contribution < -0.4 is 4.74 Å². The number of benzene rings is 1. The number of aryl methyl sites for hydroxylation is 1. The third kappa shape index (κ3) is 2.80. The first-order valence-corrected chi connectivity index (χ1v) is 8.27. The standard InChI is InChI=1S/C19H24N2O3/c1-13-10-11-20-17(13)18(22)21-12-4-5-16(21)19(2,23)14-6-8-15(24-3)9-7-14/h6-11,16,20,23H,4-5,12H2,1-3H3/t16-,19-/m1/s1. The largest absolute Gasteiger partial charge is 0.497 e. The number of likely N-dealkylation sites (tertiary alicyclic amines) is 1. The number of carbonyl (C=O) groups is 1. The molecule has 1 fully saturated rings. The molecule has 1 amide bonds. The normalized spacial score (nSPS) is 20.0. The fraction of sp³-hybridized carbons (Fsp3) is 0.421. The number of aromatic nitrogens is 1. The average Bonchev–Trinajstić information content (AvgIpc) is 3.23. The molecule has 1 aromatic carbocycles. The fourth-order valence-electron chi connectivity index (χ4n) is 3.54. The number of ether oxygens (including phenoxy) is 1. The second-order valence-electron chi connectivity index (χ2n) is 6.57. The first-order valence-electron chi connectivity index (χ1n) is 8.27. The predicted molar refractivity (Wildman–Crippen MR) is 92.2 cm³/mol. The molecular formula is C19H24N2O3. The van der Waals surface area contributed by atoms with Crippen LogP contribution in [0.25, 0.3) is 0 Å². The van der Waals surface area contributed by atoms with Gasteiger partial charge < -0.3 is 19.7 Å². The molecule has 5 heteroatoms. The molecule has 1 saturated heterocycles. The number of hydrogen-bond donors (Lipinski definition) is 2. The van der Waals surface area contributed by atoms with E-state index in [1.807, 2.05) is 37.3 Å². The SMILES string of the molecule is COc1ccc([C@@](C)(O)[C@H]2CCCN2C(=O)c2[nH]ccc2C)cc1. The lowest BCUT2D eigenvalue weighted by Crippen LogP contribution is -2.48. The molecule has 3 rings (SSSR count). The average molecular weight is 328 g/mol. The van der Waals surface area contributed by atoms with Gasteiger partial charge in [0.05, 0.1) is 13.2 Å². The third-order valence-corrected chi connectivity index (χ3v) is 5.01. The van der Waals surface area contributed by atoms with Crippen molar-refractivity contribution in [3.05, 3.63) is 53.3 Å². The summed E-state index contributed by atoms with van der Waals surface area (Å²) in [7, 11) is 1.61. The van der Waals surface area contributed by atoms with Gasteiger partial charge >= 0.3 is 0 Å². The molecule has 128 valence electrons. The van der Waals surface area contributed by atoms with Crippen LogP contribution in [0, 0.1) is 6.92 Å². The highest BCUT2D eigenvalue weighted by Crippen LogP contribution is 2.36. The highest BCUT2D eigenvalue weighted by Gasteiger charge is 2.43. The zero-order valence-electron chi connectivity index (χ0n) is 14.4. The highest BCUT2D eigenvalue weighted by atomic mass is 16.5. The number of methoxy groups -OCH3 is 1. The minimum atomic E-state index is -1.11. The van der Waals surface area contributed by atoms with Crippen molar-refractivity contribution in [3.8, 4) is 5.75 Å². The predicted octanol–water partition coefficient (Wildman–Crippen LogP) is 2.84. The molecule has 0 unspecified atom stereocenters. The Labute approximate surface area is 142 Å². The molecular weight excluding hydrogens is 304 g/mol.